The summed E-state index contributed by atoms with van der Waals surface area (Å²) in [6.45, 7) is 1.97. The van der Waals surface area contributed by atoms with Crippen LogP contribution in [0.25, 0.3) is 0 Å². The molecule has 3 N–H and O–H groups in total. The Labute approximate surface area is 97.2 Å². The van der Waals surface area contributed by atoms with Crippen LogP contribution < -0.4 is 5.32 Å². The molecule has 0 saturated carbocycles. The minimum absolute atomic E-state index is 0.0584. The monoisotopic (exact) mass is 242 g/mol. The molecule has 0 aliphatic heterocycles. The predicted octanol–water partition coefficient (Wildman–Crippen LogP) is 0.209. The number of aliphatic hydroxyl groups excluding tert-OH is 1. The molecule has 8 nitrogen and oxygen atoms in total. The highest BCUT2D eigenvalue weighted by Gasteiger charge is 2.22. The quantitative estimate of drug-likeness (QED) is 0.486. The highest BCUT2D eigenvalue weighted by atomic mass is 16.6. The van der Waals surface area contributed by atoms with Crippen LogP contribution in [-0.2, 0) is 0 Å². The van der Waals surface area contributed by atoms with Crippen LogP contribution >= 0.6 is 0 Å². The van der Waals surface area contributed by atoms with Gasteiger partial charge in [0, 0.05) is 6.54 Å². The summed E-state index contributed by atoms with van der Waals surface area (Å²) in [5, 5.41) is 28.0. The van der Waals surface area contributed by atoms with Gasteiger partial charge in [0.05, 0.1) is 11.0 Å². The fourth-order valence-electron chi connectivity index (χ4n) is 1.32. The molecule has 0 aliphatic rings. The van der Waals surface area contributed by atoms with Gasteiger partial charge in [0.25, 0.3) is 5.91 Å². The second kappa shape index (κ2) is 5.94. The molecule has 8 heteroatoms. The molecule has 1 heterocycles. The zero-order valence-corrected chi connectivity index (χ0v) is 9.34. The lowest BCUT2D eigenvalue weighted by Crippen LogP contribution is -2.32. The number of amides is 1. The van der Waals surface area contributed by atoms with Crippen LogP contribution in [0.2, 0.25) is 0 Å². The number of aromatic amines is 1. The van der Waals surface area contributed by atoms with Crippen molar-refractivity contribution in [3.63, 3.8) is 0 Å². The van der Waals surface area contributed by atoms with Gasteiger partial charge in [0.1, 0.15) is 6.20 Å². The average Bonchev–Trinajstić information content (AvgIpc) is 2.75. The van der Waals surface area contributed by atoms with Crippen LogP contribution in [0.1, 0.15) is 30.3 Å². The van der Waals surface area contributed by atoms with E-state index in [9.17, 15) is 20.0 Å². The lowest BCUT2D eigenvalue weighted by molar-refractivity contribution is -0.385. The molecule has 1 atom stereocenters. The van der Waals surface area contributed by atoms with Gasteiger partial charge in [0.15, 0.2) is 0 Å². The van der Waals surface area contributed by atoms with Crippen molar-refractivity contribution in [2.45, 2.75) is 25.9 Å². The van der Waals surface area contributed by atoms with Gasteiger partial charge in [-0.05, 0) is 6.42 Å². The van der Waals surface area contributed by atoms with E-state index in [2.05, 4.69) is 15.5 Å². The number of carbonyl (C=O) groups is 1. The second-order valence-electron chi connectivity index (χ2n) is 3.54. The SMILES string of the molecule is CCCC(O)CNC(=O)c1[nH]ncc1[N+](=O)[O-]. The van der Waals surface area contributed by atoms with E-state index in [0.29, 0.717) is 6.42 Å². The normalized spacial score (nSPS) is 12.1. The van der Waals surface area contributed by atoms with E-state index in [0.717, 1.165) is 12.6 Å². The van der Waals surface area contributed by atoms with Crippen molar-refractivity contribution < 1.29 is 14.8 Å². The molecule has 0 saturated heterocycles. The molecule has 94 valence electrons. The van der Waals surface area contributed by atoms with Crippen LogP contribution in [-0.4, -0.2) is 38.8 Å². The number of aromatic nitrogens is 2. The number of hydrogen-bond acceptors (Lipinski definition) is 5. The molecule has 17 heavy (non-hydrogen) atoms. The number of nitrogens with zero attached hydrogens (tertiary/aromatic N) is 2. The Balaban J connectivity index is 2.58. The fraction of sp³-hybridized carbons (Fsp3) is 0.556. The first-order valence-corrected chi connectivity index (χ1v) is 5.20. The van der Waals surface area contributed by atoms with Crippen LogP contribution in [0.4, 0.5) is 5.69 Å². The highest BCUT2D eigenvalue weighted by Crippen LogP contribution is 2.13. The molecule has 0 aliphatic carbocycles. The second-order valence-corrected chi connectivity index (χ2v) is 3.54. The van der Waals surface area contributed by atoms with Crippen molar-refractivity contribution in [1.82, 2.24) is 15.5 Å². The first kappa shape index (κ1) is 13.1. The zero-order chi connectivity index (χ0) is 12.8. The van der Waals surface area contributed by atoms with E-state index in [1.807, 2.05) is 6.92 Å². The molecule has 0 fully saturated rings. The third-order valence-corrected chi connectivity index (χ3v) is 2.16. The van der Waals surface area contributed by atoms with Gasteiger partial charge in [0.2, 0.25) is 5.69 Å². The molecule has 1 aromatic rings. The van der Waals surface area contributed by atoms with E-state index in [1.165, 1.54) is 0 Å². The Morgan fingerprint density at radius 3 is 3.06 bits per heavy atom. The number of rotatable bonds is 6. The van der Waals surface area contributed by atoms with Crippen LogP contribution in [0.15, 0.2) is 6.20 Å². The third-order valence-electron chi connectivity index (χ3n) is 2.16. The summed E-state index contributed by atoms with van der Waals surface area (Å²) in [4.78, 5) is 21.4. The first-order chi connectivity index (χ1) is 8.06. The number of H-pyrrole nitrogens is 1. The topological polar surface area (TPSA) is 121 Å². The Hall–Kier alpha value is -1.96. The number of aliphatic hydroxyl groups is 1. The van der Waals surface area contributed by atoms with Crippen molar-refractivity contribution in [1.29, 1.82) is 0 Å². The summed E-state index contributed by atoms with van der Waals surface area (Å²) in [7, 11) is 0. The molecular weight excluding hydrogens is 228 g/mol. The predicted molar refractivity (Wildman–Crippen MR) is 58.5 cm³/mol. The lowest BCUT2D eigenvalue weighted by atomic mass is 10.2. The Kier molecular flexibility index (Phi) is 4.58. The zero-order valence-electron chi connectivity index (χ0n) is 9.34. The summed E-state index contributed by atoms with van der Waals surface area (Å²) in [6, 6.07) is 0. The minimum atomic E-state index is -0.694. The summed E-state index contributed by atoms with van der Waals surface area (Å²) in [6.07, 6.45) is 1.68. The number of nitro groups is 1. The molecule has 0 spiro atoms. The molecule has 1 unspecified atom stereocenters. The largest absolute Gasteiger partial charge is 0.391 e. The Morgan fingerprint density at radius 2 is 2.47 bits per heavy atom. The third kappa shape index (κ3) is 3.52. The first-order valence-electron chi connectivity index (χ1n) is 5.20. The lowest BCUT2D eigenvalue weighted by Gasteiger charge is -2.09. The number of hydrogen-bond donors (Lipinski definition) is 3. The fourth-order valence-corrected chi connectivity index (χ4v) is 1.32. The van der Waals surface area contributed by atoms with E-state index >= 15 is 0 Å². The summed E-state index contributed by atoms with van der Waals surface area (Å²) >= 11 is 0. The summed E-state index contributed by atoms with van der Waals surface area (Å²) in [5.74, 6) is -0.649. The number of carbonyl (C=O) groups excluding carboxylic acids is 1. The van der Waals surface area contributed by atoms with Gasteiger partial charge in [-0.2, -0.15) is 5.10 Å². The molecular formula is C9H14N4O4. The molecule has 0 aromatic carbocycles. The average molecular weight is 242 g/mol. The minimum Gasteiger partial charge on any atom is -0.391 e. The maximum Gasteiger partial charge on any atom is 0.319 e. The maximum absolute atomic E-state index is 11.5. The maximum atomic E-state index is 11.5. The van der Waals surface area contributed by atoms with Crippen molar-refractivity contribution in [3.05, 3.63) is 22.0 Å². The van der Waals surface area contributed by atoms with E-state index in [1.54, 1.807) is 0 Å². The van der Waals surface area contributed by atoms with Crippen LogP contribution in [0, 0.1) is 10.1 Å². The van der Waals surface area contributed by atoms with Crippen molar-refractivity contribution in [2.24, 2.45) is 0 Å². The smallest absolute Gasteiger partial charge is 0.319 e. The van der Waals surface area contributed by atoms with E-state index < -0.39 is 16.9 Å². The van der Waals surface area contributed by atoms with Crippen molar-refractivity contribution >= 4 is 11.6 Å². The van der Waals surface area contributed by atoms with Gasteiger partial charge in [-0.3, -0.25) is 20.0 Å². The van der Waals surface area contributed by atoms with Crippen LogP contribution in [0.3, 0.4) is 0 Å². The molecule has 0 bridgehead atoms. The number of nitrogens with one attached hydrogen (secondary N) is 2. The van der Waals surface area contributed by atoms with Crippen molar-refractivity contribution in [2.75, 3.05) is 6.54 Å². The molecule has 1 aromatic heterocycles. The molecule has 1 rings (SSSR count). The van der Waals surface area contributed by atoms with Gasteiger partial charge in [-0.25, -0.2) is 0 Å². The molecule has 1 amide bonds. The summed E-state index contributed by atoms with van der Waals surface area (Å²) < 4.78 is 0. The standard InChI is InChI=1S/C9H14N4O4/c1-2-3-6(14)4-10-9(15)8-7(13(16)17)5-11-12-8/h5-6,14H,2-4H2,1H3,(H,10,15)(H,11,12). The Bertz CT molecular complexity index is 403. The molecule has 0 radical (unpaired) electrons. The van der Waals surface area contributed by atoms with E-state index in [4.69, 9.17) is 0 Å². The van der Waals surface area contributed by atoms with Crippen LogP contribution in [0.5, 0.6) is 0 Å². The van der Waals surface area contributed by atoms with Gasteiger partial charge < -0.3 is 10.4 Å². The van der Waals surface area contributed by atoms with E-state index in [-0.39, 0.29) is 17.9 Å². The van der Waals surface area contributed by atoms with Gasteiger partial charge >= 0.3 is 5.69 Å². The van der Waals surface area contributed by atoms with Gasteiger partial charge in [-0.15, -0.1) is 0 Å². The summed E-state index contributed by atoms with van der Waals surface area (Å²) in [5.41, 5.74) is -0.592. The van der Waals surface area contributed by atoms with Crippen molar-refractivity contribution in [3.8, 4) is 0 Å². The van der Waals surface area contributed by atoms with Gasteiger partial charge in [-0.1, -0.05) is 13.3 Å². The Morgan fingerprint density at radius 1 is 1.76 bits per heavy atom. The highest BCUT2D eigenvalue weighted by molar-refractivity contribution is 5.95.